The molecule has 0 fully saturated rings. The van der Waals surface area contributed by atoms with Crippen LogP contribution in [0.5, 0.6) is 46.0 Å². The number of hydrogen-bond donors (Lipinski definition) is 3. The molecule has 0 aromatic heterocycles. The van der Waals surface area contributed by atoms with Crippen molar-refractivity contribution in [2.45, 2.75) is 88.1 Å². The van der Waals surface area contributed by atoms with Crippen LogP contribution in [-0.4, -0.2) is 71.7 Å². The highest BCUT2D eigenvalue weighted by Crippen LogP contribution is 2.55. The molecule has 0 aliphatic carbocycles. The molecular formula is C88H98NO15P. The zero-order valence-corrected chi connectivity index (χ0v) is 52.0. The van der Waals surface area contributed by atoms with Gasteiger partial charge >= 0.3 is 13.3 Å². The number of nitrogens with one attached hydrogen (secondary N) is 1. The van der Waals surface area contributed by atoms with Gasteiger partial charge in [-0.05, 0) is 197 Å². The zero-order chi connectivity index (χ0) is 66.2. The summed E-state index contributed by atoms with van der Waals surface area (Å²) in [5.74, 6) is 0.255. The highest BCUT2D eigenvalue weighted by molar-refractivity contribution is 7.75. The van der Waals surface area contributed by atoms with Crippen LogP contribution in [0.2, 0.25) is 0 Å². The first kappa shape index (κ1) is 89.0. The Balaban J connectivity index is 0.000000911. The van der Waals surface area contributed by atoms with Crippen LogP contribution in [0.25, 0.3) is 43.4 Å². The van der Waals surface area contributed by atoms with Gasteiger partial charge in [0.25, 0.3) is 5.91 Å². The number of esters is 1. The summed E-state index contributed by atoms with van der Waals surface area (Å²) in [4.78, 5) is 77.0. The molecule has 0 spiro atoms. The number of para-hydroxylation sites is 1. The predicted octanol–water partition coefficient (Wildman–Crippen LogP) is 21.4. The van der Waals surface area contributed by atoms with E-state index in [0.717, 1.165) is 37.9 Å². The van der Waals surface area contributed by atoms with E-state index in [9.17, 15) is 39.0 Å². The fourth-order valence-electron chi connectivity index (χ4n) is 10.7. The van der Waals surface area contributed by atoms with Crippen molar-refractivity contribution in [1.82, 2.24) is 0 Å². The Bertz CT molecular complexity index is 5050. The minimum absolute atomic E-state index is 0. The Hall–Kier alpha value is -12.1. The van der Waals surface area contributed by atoms with Crippen molar-refractivity contribution in [2.75, 3.05) is 31.7 Å². The number of amides is 1. The molecule has 0 saturated heterocycles. The fourth-order valence-corrected chi connectivity index (χ4v) is 13.1. The van der Waals surface area contributed by atoms with Gasteiger partial charge in [0.2, 0.25) is 0 Å². The molecule has 0 bridgehead atoms. The number of rotatable bonds is 20. The Labute approximate surface area is 618 Å². The molecule has 12 aromatic carbocycles. The largest absolute Gasteiger partial charge is 0.508 e. The number of phenolic OH excluding ortho intramolecular Hbond substituents is 2. The molecule has 1 amide bonds. The van der Waals surface area contributed by atoms with E-state index in [2.05, 4.69) is 11.4 Å². The molecule has 105 heavy (non-hydrogen) atoms. The van der Waals surface area contributed by atoms with Gasteiger partial charge in [-0.15, -0.1) is 0 Å². The number of aryl methyl sites for hydroxylation is 1. The summed E-state index contributed by atoms with van der Waals surface area (Å²) in [6.07, 6.45) is 0. The molecule has 3 N–H and O–H groups in total. The number of ketones is 4. The van der Waals surface area contributed by atoms with Gasteiger partial charge in [-0.2, -0.15) is 0 Å². The van der Waals surface area contributed by atoms with Crippen molar-refractivity contribution in [2.24, 2.45) is 0 Å². The molecule has 550 valence electrons. The number of fused-ring (bicyclic) bond motifs is 6. The van der Waals surface area contributed by atoms with Gasteiger partial charge in [0.15, 0.2) is 43.0 Å². The third kappa shape index (κ3) is 21.0. The van der Waals surface area contributed by atoms with Gasteiger partial charge in [0.1, 0.15) is 52.6 Å². The number of Topliss-reactive ketones (excluding diaryl/α,β-unsaturated/α-hetero) is 4. The fraction of sp³-hybridized carbons (Fsp3) is 0.182. The van der Waals surface area contributed by atoms with Crippen LogP contribution in [-0.2, 0) is 9.36 Å². The summed E-state index contributed by atoms with van der Waals surface area (Å²) < 4.78 is 50.6. The van der Waals surface area contributed by atoms with Gasteiger partial charge in [-0.25, -0.2) is 4.79 Å². The second-order valence-electron chi connectivity index (χ2n) is 22.4. The normalized spacial score (nSPS) is 11.6. The van der Waals surface area contributed by atoms with Crippen molar-refractivity contribution in [1.29, 1.82) is 0 Å². The van der Waals surface area contributed by atoms with Gasteiger partial charge in [-0.3, -0.25) is 28.5 Å². The second-order valence-corrected chi connectivity index (χ2v) is 24.6. The molecule has 0 saturated carbocycles. The van der Waals surface area contributed by atoms with Gasteiger partial charge in [-0.1, -0.05) is 183 Å². The molecule has 1 atom stereocenters. The van der Waals surface area contributed by atoms with Crippen LogP contribution in [0.3, 0.4) is 0 Å². The molecular weight excluding hydrogens is 1340 g/mol. The molecule has 1 aliphatic heterocycles. The molecule has 16 nitrogen and oxygen atoms in total. The molecule has 1 aliphatic rings. The third-order valence-electron chi connectivity index (χ3n) is 15.5. The summed E-state index contributed by atoms with van der Waals surface area (Å²) >= 11 is 0. The number of anilines is 1. The highest BCUT2D eigenvalue weighted by atomic mass is 31.2. The van der Waals surface area contributed by atoms with Gasteiger partial charge in [0.05, 0.1) is 16.2 Å². The maximum absolute atomic E-state index is 15.4. The maximum atomic E-state index is 15.4. The smallest absolute Gasteiger partial charge is 0.343 e. The van der Waals surface area contributed by atoms with Crippen molar-refractivity contribution in [3.05, 3.63) is 282 Å². The average Bonchev–Trinajstić information content (AvgIpc) is 0.730. The quantitative estimate of drug-likeness (QED) is 0.0279. The van der Waals surface area contributed by atoms with Crippen LogP contribution in [0.15, 0.2) is 249 Å². The van der Waals surface area contributed by atoms with E-state index in [1.807, 2.05) is 55.5 Å². The number of carbonyl (C=O) groups excluding carboxylic acids is 6. The first-order valence-corrected chi connectivity index (χ1v) is 31.6. The Morgan fingerprint density at radius 3 is 1.47 bits per heavy atom. The first-order chi connectivity index (χ1) is 46.0. The van der Waals surface area contributed by atoms with Crippen LogP contribution in [0.1, 0.15) is 139 Å². The van der Waals surface area contributed by atoms with E-state index in [1.54, 1.807) is 170 Å². The number of carbonyl (C=O) groups is 6. The van der Waals surface area contributed by atoms with Crippen LogP contribution >= 0.6 is 7.37 Å². The van der Waals surface area contributed by atoms with Crippen molar-refractivity contribution in [3.63, 3.8) is 0 Å². The summed E-state index contributed by atoms with van der Waals surface area (Å²) in [6.45, 7) is 2.17. The Morgan fingerprint density at radius 1 is 0.381 bits per heavy atom. The maximum Gasteiger partial charge on any atom is 0.343 e. The van der Waals surface area contributed by atoms with E-state index in [-0.39, 0.29) is 151 Å². The summed E-state index contributed by atoms with van der Waals surface area (Å²) in [7, 11) is -4.02. The lowest BCUT2D eigenvalue weighted by atomic mass is 10.0. The standard InChI is InChI=1S/C56H42NO12P.C22H16O3.10CH4/c1-35(58)31-65-44-21-16-36(17-22-44)49(60)32-67-46-25-26-53(55(30-46)70(64)54-12-5-3-10-48(54)47-9-2-4-11-52(47)69-70)68-34-51(62)40-8-6-7-39(28-40)50(61)33-66-45-23-18-42(19-24-45)57-56(63)41-14-13-38-29-43(59)20-15-37(38)27-41;1-14-2-3-18-13-21(9-7-15(18)10-14)25-22(24)19-5-4-17-12-20(23)8-6-16(17)11-19;;;;;;;;;;/h2-30,59H,31-34H2,1H3,(H,57,63);2-13,23H,1H3;10*1H4. The van der Waals surface area contributed by atoms with Crippen LogP contribution in [0.4, 0.5) is 5.69 Å². The summed E-state index contributed by atoms with van der Waals surface area (Å²) in [6, 6.07) is 70.1. The molecule has 17 heteroatoms. The van der Waals surface area contributed by atoms with Crippen molar-refractivity contribution < 1.29 is 71.8 Å². The lowest BCUT2D eigenvalue weighted by Gasteiger charge is -2.30. The number of phenols is 2. The Kier molecular flexibility index (Phi) is 33.3. The molecule has 1 unspecified atom stereocenters. The molecule has 1 heterocycles. The average molecular weight is 1440 g/mol. The summed E-state index contributed by atoms with van der Waals surface area (Å²) in [5.41, 5.74) is 4.82. The topological polar surface area (TPSA) is 227 Å². The third-order valence-corrected chi connectivity index (χ3v) is 18.0. The van der Waals surface area contributed by atoms with Crippen molar-refractivity contribution in [3.8, 4) is 57.1 Å². The Morgan fingerprint density at radius 2 is 0.838 bits per heavy atom. The molecule has 0 radical (unpaired) electrons. The van der Waals surface area contributed by atoms with E-state index >= 15 is 4.57 Å². The van der Waals surface area contributed by atoms with Crippen LogP contribution < -0.4 is 44.1 Å². The number of benzene rings is 12. The van der Waals surface area contributed by atoms with E-state index in [4.69, 9.17) is 28.2 Å². The van der Waals surface area contributed by atoms with Gasteiger partial charge in [0, 0.05) is 33.5 Å². The van der Waals surface area contributed by atoms with E-state index in [0.29, 0.717) is 56.2 Å². The first-order valence-electron chi connectivity index (χ1n) is 30.0. The van der Waals surface area contributed by atoms with Gasteiger partial charge < -0.3 is 43.7 Å². The SMILES string of the molecule is C.C.C.C.C.C.C.C.C.C.CC(=O)COc1ccc(C(=O)COc2ccc(OCC(=O)c3cccc(C(=O)COc4ccc(NC(=O)c5ccc6cc(O)ccc6c5)cc4)c3)c(P3(=O)Oc4ccccc4-c4ccccc43)c2)cc1.Cc1ccc2cc(OC(=O)c3ccc4cc(O)ccc4c3)ccc2c1. The zero-order valence-electron chi connectivity index (χ0n) is 51.1. The van der Waals surface area contributed by atoms with E-state index in [1.165, 1.54) is 36.8 Å². The second kappa shape index (κ2) is 39.3. The molecule has 13 rings (SSSR count). The summed E-state index contributed by atoms with van der Waals surface area (Å²) in [5, 5.41) is 28.1. The van der Waals surface area contributed by atoms with Crippen LogP contribution in [0, 0.1) is 6.92 Å². The lowest BCUT2D eigenvalue weighted by molar-refractivity contribution is -0.118. The number of hydrogen-bond acceptors (Lipinski definition) is 15. The number of ether oxygens (including phenoxy) is 5. The van der Waals surface area contributed by atoms with Crippen molar-refractivity contribution >= 4 is 91.0 Å². The minimum atomic E-state index is -4.02. The predicted molar refractivity (Wildman–Crippen MR) is 431 cm³/mol. The minimum Gasteiger partial charge on any atom is -0.508 e. The number of aromatic hydroxyl groups is 2. The lowest BCUT2D eigenvalue weighted by Crippen LogP contribution is -2.27. The van der Waals surface area contributed by atoms with E-state index < -0.39 is 31.5 Å². The highest BCUT2D eigenvalue weighted by Gasteiger charge is 2.40. The molecule has 12 aromatic rings. The monoisotopic (exact) mass is 1440 g/mol.